The summed E-state index contributed by atoms with van der Waals surface area (Å²) in [6.45, 7) is 2.95. The van der Waals surface area contributed by atoms with E-state index in [4.69, 9.17) is 10.5 Å². The van der Waals surface area contributed by atoms with E-state index in [1.165, 1.54) is 11.3 Å². The van der Waals surface area contributed by atoms with E-state index in [1.807, 2.05) is 19.1 Å². The highest BCUT2D eigenvalue weighted by atomic mass is 79.9. The average molecular weight is 407 g/mol. The van der Waals surface area contributed by atoms with Crippen LogP contribution in [0.15, 0.2) is 28.1 Å². The van der Waals surface area contributed by atoms with Gasteiger partial charge in [0.15, 0.2) is 0 Å². The summed E-state index contributed by atoms with van der Waals surface area (Å²) in [6.07, 6.45) is 0.680. The van der Waals surface area contributed by atoms with Gasteiger partial charge in [-0.15, -0.1) is 23.7 Å². The number of thiazole rings is 1. The number of aromatic nitrogens is 1. The molecule has 120 valence electrons. The van der Waals surface area contributed by atoms with Crippen molar-refractivity contribution in [1.29, 1.82) is 0 Å². The lowest BCUT2D eigenvalue weighted by atomic mass is 10.3. The van der Waals surface area contributed by atoms with E-state index >= 15 is 0 Å². The summed E-state index contributed by atoms with van der Waals surface area (Å²) in [5.41, 5.74) is 6.49. The number of rotatable bonds is 6. The molecule has 0 radical (unpaired) electrons. The minimum absolute atomic E-state index is 0. The van der Waals surface area contributed by atoms with Crippen LogP contribution < -0.4 is 15.8 Å². The predicted molar refractivity (Wildman–Crippen MR) is 95.4 cm³/mol. The first-order valence-electron chi connectivity index (χ1n) is 6.52. The van der Waals surface area contributed by atoms with Crippen molar-refractivity contribution in [3.63, 3.8) is 0 Å². The number of carbonyl (C=O) groups is 1. The molecular weight excluding hydrogens is 390 g/mol. The van der Waals surface area contributed by atoms with Crippen molar-refractivity contribution in [2.75, 3.05) is 18.5 Å². The molecule has 1 amide bonds. The summed E-state index contributed by atoms with van der Waals surface area (Å²) in [7, 11) is 0. The lowest BCUT2D eigenvalue weighted by Gasteiger charge is -2.11. The third-order valence-corrected chi connectivity index (χ3v) is 4.03. The molecule has 1 aromatic carbocycles. The Bertz CT molecular complexity index is 636. The number of halogens is 2. The van der Waals surface area contributed by atoms with E-state index in [9.17, 15) is 4.79 Å². The van der Waals surface area contributed by atoms with Crippen LogP contribution in [0.2, 0.25) is 0 Å². The van der Waals surface area contributed by atoms with Crippen LogP contribution in [0.5, 0.6) is 5.75 Å². The zero-order valence-electron chi connectivity index (χ0n) is 12.0. The van der Waals surface area contributed by atoms with Crippen LogP contribution in [0.3, 0.4) is 0 Å². The van der Waals surface area contributed by atoms with Gasteiger partial charge in [-0.1, -0.05) is 15.9 Å². The van der Waals surface area contributed by atoms with E-state index in [0.717, 1.165) is 9.48 Å². The molecule has 0 atom stereocenters. The summed E-state index contributed by atoms with van der Waals surface area (Å²) >= 11 is 4.82. The molecule has 22 heavy (non-hydrogen) atoms. The fourth-order valence-electron chi connectivity index (χ4n) is 1.72. The molecule has 2 aromatic rings. The Balaban J connectivity index is 0.00000242. The quantitative estimate of drug-likeness (QED) is 0.770. The first kappa shape index (κ1) is 18.9. The topological polar surface area (TPSA) is 77.2 Å². The molecule has 0 aliphatic heterocycles. The van der Waals surface area contributed by atoms with Gasteiger partial charge in [0, 0.05) is 16.3 Å². The Morgan fingerprint density at radius 1 is 1.50 bits per heavy atom. The second-order valence-electron chi connectivity index (χ2n) is 4.19. The van der Waals surface area contributed by atoms with E-state index in [0.29, 0.717) is 36.7 Å². The maximum absolute atomic E-state index is 12.2. The van der Waals surface area contributed by atoms with E-state index in [2.05, 4.69) is 26.2 Å². The maximum Gasteiger partial charge on any atom is 0.275 e. The minimum Gasteiger partial charge on any atom is -0.492 e. The Kier molecular flexibility index (Phi) is 7.81. The summed E-state index contributed by atoms with van der Waals surface area (Å²) < 4.78 is 6.37. The molecule has 0 saturated heterocycles. The van der Waals surface area contributed by atoms with Gasteiger partial charge in [0.25, 0.3) is 5.91 Å². The van der Waals surface area contributed by atoms with Gasteiger partial charge in [-0.2, -0.15) is 0 Å². The highest BCUT2D eigenvalue weighted by Gasteiger charge is 2.13. The molecule has 0 aliphatic rings. The summed E-state index contributed by atoms with van der Waals surface area (Å²) in [5.74, 6) is 0.375. The zero-order chi connectivity index (χ0) is 15.2. The zero-order valence-corrected chi connectivity index (χ0v) is 15.2. The van der Waals surface area contributed by atoms with Gasteiger partial charge in [-0.25, -0.2) is 4.98 Å². The van der Waals surface area contributed by atoms with Crippen LogP contribution >= 0.6 is 39.7 Å². The fraction of sp³-hybridized carbons (Fsp3) is 0.286. The lowest BCUT2D eigenvalue weighted by Crippen LogP contribution is -2.14. The number of anilines is 1. The van der Waals surface area contributed by atoms with Gasteiger partial charge in [-0.3, -0.25) is 4.79 Å². The third-order valence-electron chi connectivity index (χ3n) is 2.63. The van der Waals surface area contributed by atoms with Crippen molar-refractivity contribution in [3.8, 4) is 5.75 Å². The van der Waals surface area contributed by atoms with Crippen LogP contribution in [0.1, 0.15) is 22.4 Å². The molecule has 3 N–H and O–H groups in total. The summed E-state index contributed by atoms with van der Waals surface area (Å²) in [4.78, 5) is 16.5. The third kappa shape index (κ3) is 4.95. The first-order valence-corrected chi connectivity index (χ1v) is 8.19. The molecule has 0 unspecified atom stereocenters. The molecule has 0 saturated carbocycles. The van der Waals surface area contributed by atoms with Crippen molar-refractivity contribution in [1.82, 2.24) is 4.98 Å². The number of ether oxygens (including phenoxy) is 1. The lowest BCUT2D eigenvalue weighted by molar-refractivity contribution is 0.102. The van der Waals surface area contributed by atoms with E-state index < -0.39 is 0 Å². The summed E-state index contributed by atoms with van der Waals surface area (Å²) in [6, 6.07) is 5.48. The van der Waals surface area contributed by atoms with Crippen molar-refractivity contribution in [2.45, 2.75) is 13.3 Å². The van der Waals surface area contributed by atoms with Gasteiger partial charge in [0.05, 0.1) is 17.3 Å². The standard InChI is InChI=1S/C14H16BrN3O2S.ClH/c1-2-20-12-4-3-9(15)7-10(12)18-14(19)11-8-21-13(17-11)5-6-16;/h3-4,7-8H,2,5-6,16H2,1H3,(H,18,19);1H. The number of nitrogens with zero attached hydrogens (tertiary/aromatic N) is 1. The molecular formula is C14H17BrClN3O2S. The van der Waals surface area contributed by atoms with E-state index in [1.54, 1.807) is 11.4 Å². The number of amides is 1. The van der Waals surface area contributed by atoms with Gasteiger partial charge >= 0.3 is 0 Å². The molecule has 5 nitrogen and oxygen atoms in total. The number of nitrogens with one attached hydrogen (secondary N) is 1. The van der Waals surface area contributed by atoms with E-state index in [-0.39, 0.29) is 18.3 Å². The Morgan fingerprint density at radius 3 is 2.95 bits per heavy atom. The highest BCUT2D eigenvalue weighted by molar-refractivity contribution is 9.10. The number of benzene rings is 1. The number of carbonyl (C=O) groups excluding carboxylic acids is 1. The van der Waals surface area contributed by atoms with Crippen LogP contribution in [0, 0.1) is 0 Å². The van der Waals surface area contributed by atoms with Crippen LogP contribution in [0.4, 0.5) is 5.69 Å². The maximum atomic E-state index is 12.2. The largest absolute Gasteiger partial charge is 0.492 e. The summed E-state index contributed by atoms with van der Waals surface area (Å²) in [5, 5.41) is 5.42. The molecule has 8 heteroatoms. The van der Waals surface area contributed by atoms with Crippen LogP contribution in [-0.2, 0) is 6.42 Å². The molecule has 1 heterocycles. The Hall–Kier alpha value is -1.15. The minimum atomic E-state index is -0.256. The normalized spacial score (nSPS) is 9.95. The second-order valence-corrected chi connectivity index (χ2v) is 6.05. The molecule has 0 fully saturated rings. The number of hydrogen-bond acceptors (Lipinski definition) is 5. The molecule has 2 rings (SSSR count). The Labute approximate surface area is 147 Å². The van der Waals surface area contributed by atoms with Crippen molar-refractivity contribution >= 4 is 51.3 Å². The molecule has 1 aromatic heterocycles. The second kappa shape index (κ2) is 9.09. The molecule has 0 bridgehead atoms. The smallest absolute Gasteiger partial charge is 0.275 e. The van der Waals surface area contributed by atoms with Crippen molar-refractivity contribution in [3.05, 3.63) is 38.8 Å². The first-order chi connectivity index (χ1) is 10.1. The van der Waals surface area contributed by atoms with Gasteiger partial charge in [0.1, 0.15) is 11.4 Å². The van der Waals surface area contributed by atoms with Crippen molar-refractivity contribution < 1.29 is 9.53 Å². The Morgan fingerprint density at radius 2 is 2.27 bits per heavy atom. The SMILES string of the molecule is CCOc1ccc(Br)cc1NC(=O)c1csc(CCN)n1.Cl. The average Bonchev–Trinajstić information content (AvgIpc) is 2.91. The fourth-order valence-corrected chi connectivity index (χ4v) is 2.88. The van der Waals surface area contributed by atoms with Gasteiger partial charge in [-0.05, 0) is 31.7 Å². The highest BCUT2D eigenvalue weighted by Crippen LogP contribution is 2.28. The number of hydrogen-bond donors (Lipinski definition) is 2. The van der Waals surface area contributed by atoms with Crippen LogP contribution in [-0.4, -0.2) is 24.0 Å². The van der Waals surface area contributed by atoms with Crippen LogP contribution in [0.25, 0.3) is 0 Å². The van der Waals surface area contributed by atoms with Gasteiger partial charge < -0.3 is 15.8 Å². The number of nitrogens with two attached hydrogens (primary N) is 1. The van der Waals surface area contributed by atoms with Crippen molar-refractivity contribution in [2.24, 2.45) is 5.73 Å². The van der Waals surface area contributed by atoms with Gasteiger partial charge in [0.2, 0.25) is 0 Å². The monoisotopic (exact) mass is 405 g/mol. The molecule has 0 spiro atoms. The molecule has 0 aliphatic carbocycles. The predicted octanol–water partition coefficient (Wildman–Crippen LogP) is 3.48.